The Bertz CT molecular complexity index is 1060. The minimum atomic E-state index is -0.550. The van der Waals surface area contributed by atoms with Gasteiger partial charge < -0.3 is 9.47 Å². The average molecular weight is 450 g/mol. The van der Waals surface area contributed by atoms with Gasteiger partial charge in [-0.2, -0.15) is 0 Å². The van der Waals surface area contributed by atoms with Gasteiger partial charge in [0.15, 0.2) is 4.93 Å². The van der Waals surface area contributed by atoms with Crippen molar-refractivity contribution in [1.29, 1.82) is 0 Å². The van der Waals surface area contributed by atoms with E-state index in [0.29, 0.717) is 12.6 Å². The zero-order chi connectivity index (χ0) is 22.4. The van der Waals surface area contributed by atoms with E-state index in [0.717, 1.165) is 71.2 Å². The number of hydrogen-bond acceptors (Lipinski definition) is 5. The number of ether oxygens (including phenoxy) is 2. The number of nitrogens with zero attached hydrogens (tertiary/aromatic N) is 1. The van der Waals surface area contributed by atoms with Crippen LogP contribution in [0.25, 0.3) is 22.0 Å². The third kappa shape index (κ3) is 5.09. The first-order chi connectivity index (χ1) is 15.7. The molecule has 1 aliphatic carbocycles. The van der Waals surface area contributed by atoms with Gasteiger partial charge in [0.25, 0.3) is 6.47 Å². The van der Waals surface area contributed by atoms with Gasteiger partial charge in [0, 0.05) is 16.5 Å². The van der Waals surface area contributed by atoms with E-state index in [1.807, 2.05) is 18.3 Å². The highest BCUT2D eigenvalue weighted by atomic mass is 32.2. The third-order valence-electron chi connectivity index (χ3n) is 6.04. The van der Waals surface area contributed by atoms with E-state index >= 15 is 0 Å². The van der Waals surface area contributed by atoms with Gasteiger partial charge in [0.2, 0.25) is 0 Å². The van der Waals surface area contributed by atoms with Crippen LogP contribution < -0.4 is 4.74 Å². The molecule has 4 rings (SSSR count). The molecule has 1 fully saturated rings. The summed E-state index contributed by atoms with van der Waals surface area (Å²) >= 11 is 1.65. The fourth-order valence-electron chi connectivity index (χ4n) is 4.24. The van der Waals surface area contributed by atoms with Gasteiger partial charge in [-0.05, 0) is 73.6 Å². The van der Waals surface area contributed by atoms with Crippen molar-refractivity contribution in [2.45, 2.75) is 74.7 Å². The van der Waals surface area contributed by atoms with Gasteiger partial charge in [-0.1, -0.05) is 56.7 Å². The molecule has 0 saturated heterocycles. The van der Waals surface area contributed by atoms with Crippen molar-refractivity contribution in [3.63, 3.8) is 0 Å². The molecule has 1 aliphatic rings. The van der Waals surface area contributed by atoms with Gasteiger partial charge in [0.1, 0.15) is 5.75 Å². The fraction of sp³-hybridized carbons (Fsp3) is 0.407. The summed E-state index contributed by atoms with van der Waals surface area (Å²) in [6.07, 6.45) is 9.26. The molecule has 1 heterocycles. The minimum absolute atomic E-state index is 0.358. The monoisotopic (exact) mass is 449 g/mol. The average Bonchev–Trinajstić information content (AvgIpc) is 2.77. The molecule has 0 amide bonds. The van der Waals surface area contributed by atoms with E-state index in [-0.39, 0.29) is 0 Å². The lowest BCUT2D eigenvalue weighted by Crippen LogP contribution is -2.28. The first-order valence-electron chi connectivity index (χ1n) is 11.6. The molecule has 0 atom stereocenters. The molecule has 4 nitrogen and oxygen atoms in total. The van der Waals surface area contributed by atoms with Crippen molar-refractivity contribution >= 4 is 29.1 Å². The summed E-state index contributed by atoms with van der Waals surface area (Å²) in [4.78, 5) is 16.4. The maximum atomic E-state index is 11.3. The van der Waals surface area contributed by atoms with Gasteiger partial charge in [-0.15, -0.1) is 0 Å². The smallest absolute Gasteiger partial charge is 0.294 e. The molecular formula is C27H31NO3S. The fourth-order valence-corrected chi connectivity index (χ4v) is 5.74. The van der Waals surface area contributed by atoms with E-state index in [2.05, 4.69) is 55.2 Å². The first kappa shape index (κ1) is 22.7. The molecule has 0 bridgehead atoms. The molecule has 1 saturated carbocycles. The Labute approximate surface area is 194 Å². The van der Waals surface area contributed by atoms with Crippen molar-refractivity contribution in [2.75, 3.05) is 0 Å². The summed E-state index contributed by atoms with van der Waals surface area (Å²) in [5, 5.41) is 1.08. The van der Waals surface area contributed by atoms with Crippen molar-refractivity contribution < 1.29 is 14.3 Å². The first-order valence-corrected chi connectivity index (χ1v) is 12.4. The zero-order valence-corrected chi connectivity index (χ0v) is 19.7. The second-order valence-corrected chi connectivity index (χ2v) is 9.85. The molecule has 0 aliphatic heterocycles. The van der Waals surface area contributed by atoms with Gasteiger partial charge in [0.05, 0.1) is 11.6 Å². The summed E-state index contributed by atoms with van der Waals surface area (Å²) in [6.45, 7) is 4.85. The summed E-state index contributed by atoms with van der Waals surface area (Å²) in [5.74, 6) is 0.928. The van der Waals surface area contributed by atoms with Gasteiger partial charge in [-0.25, -0.2) is 0 Å². The lowest BCUT2D eigenvalue weighted by molar-refractivity contribution is -0.136. The number of rotatable bonds is 11. The minimum Gasteiger partial charge on any atom is -0.490 e. The summed E-state index contributed by atoms with van der Waals surface area (Å²) in [7, 11) is 0. The van der Waals surface area contributed by atoms with Crippen LogP contribution in [-0.4, -0.2) is 22.5 Å². The van der Waals surface area contributed by atoms with Crippen LogP contribution in [0.1, 0.15) is 58.8 Å². The van der Waals surface area contributed by atoms with Crippen molar-refractivity contribution in [2.24, 2.45) is 0 Å². The lowest BCUT2D eigenvalue weighted by Gasteiger charge is -2.31. The highest BCUT2D eigenvalue weighted by Crippen LogP contribution is 2.43. The molecule has 32 heavy (non-hydrogen) atoms. The van der Waals surface area contributed by atoms with Crippen LogP contribution in [0, 0.1) is 0 Å². The molecular weight excluding hydrogens is 418 g/mol. The van der Waals surface area contributed by atoms with Crippen molar-refractivity contribution in [1.82, 2.24) is 4.98 Å². The number of thioether (sulfide) groups is 1. The van der Waals surface area contributed by atoms with Crippen LogP contribution in [0.3, 0.4) is 0 Å². The number of carbonyl (C=O) groups excluding carboxylic acids is 1. The number of benzene rings is 2. The number of aromatic nitrogens is 1. The standard InChI is InChI=1S/C27H31NO3S/c1-3-14-27(15-4-2,30-19-29)32-26-13-16-28-25-12-11-21(18-24(25)26)20-7-5-10-23(17-20)31-22-8-6-9-22/h5,7,10-13,16-19,22H,3-4,6,8-9,14-15H2,1-2H3. The highest BCUT2D eigenvalue weighted by molar-refractivity contribution is 8.00. The molecule has 3 aromatic rings. The number of hydrogen-bond donors (Lipinski definition) is 0. The van der Waals surface area contributed by atoms with E-state index in [4.69, 9.17) is 9.47 Å². The van der Waals surface area contributed by atoms with E-state index in [9.17, 15) is 4.79 Å². The normalized spacial score (nSPS) is 14.2. The molecule has 0 radical (unpaired) electrons. The Hall–Kier alpha value is -2.53. The van der Waals surface area contributed by atoms with Gasteiger partial charge >= 0.3 is 0 Å². The molecule has 5 heteroatoms. The predicted molar refractivity (Wildman–Crippen MR) is 131 cm³/mol. The number of pyridine rings is 1. The third-order valence-corrected chi connectivity index (χ3v) is 7.50. The molecule has 168 valence electrons. The van der Waals surface area contributed by atoms with Crippen molar-refractivity contribution in [3.8, 4) is 16.9 Å². The largest absolute Gasteiger partial charge is 0.490 e. The summed E-state index contributed by atoms with van der Waals surface area (Å²) < 4.78 is 11.8. The quantitative estimate of drug-likeness (QED) is 0.173. The summed E-state index contributed by atoms with van der Waals surface area (Å²) in [6, 6.07) is 16.7. The molecule has 2 aromatic carbocycles. The maximum absolute atomic E-state index is 11.3. The van der Waals surface area contributed by atoms with Crippen molar-refractivity contribution in [3.05, 3.63) is 54.7 Å². The molecule has 1 aromatic heterocycles. The number of fused-ring (bicyclic) bond motifs is 1. The predicted octanol–water partition coefficient (Wildman–Crippen LogP) is 7.39. The lowest BCUT2D eigenvalue weighted by atomic mass is 9.96. The van der Waals surface area contributed by atoms with Crippen LogP contribution in [0.5, 0.6) is 5.75 Å². The molecule has 0 spiro atoms. The van der Waals surface area contributed by atoms with Gasteiger partial charge in [-0.3, -0.25) is 9.78 Å². The summed E-state index contributed by atoms with van der Waals surface area (Å²) in [5.41, 5.74) is 3.19. The van der Waals surface area contributed by atoms with Crippen LogP contribution in [-0.2, 0) is 9.53 Å². The van der Waals surface area contributed by atoms with Crippen LogP contribution >= 0.6 is 11.8 Å². The Morgan fingerprint density at radius 1 is 1.06 bits per heavy atom. The molecule has 0 unspecified atom stereocenters. The maximum Gasteiger partial charge on any atom is 0.294 e. The van der Waals surface area contributed by atoms with Crippen LogP contribution in [0.2, 0.25) is 0 Å². The molecule has 0 N–H and O–H groups in total. The SMILES string of the molecule is CCCC(CCC)(OC=O)Sc1ccnc2ccc(-c3cccc(OC4CCC4)c3)cc12. The second kappa shape index (κ2) is 10.4. The Morgan fingerprint density at radius 3 is 2.53 bits per heavy atom. The van der Waals surface area contributed by atoms with E-state index < -0.39 is 4.93 Å². The topological polar surface area (TPSA) is 48.4 Å². The second-order valence-electron chi connectivity index (χ2n) is 8.47. The highest BCUT2D eigenvalue weighted by Gasteiger charge is 2.32. The Balaban J connectivity index is 1.69. The van der Waals surface area contributed by atoms with Crippen LogP contribution in [0.4, 0.5) is 0 Å². The van der Waals surface area contributed by atoms with Crippen LogP contribution in [0.15, 0.2) is 59.6 Å². The van der Waals surface area contributed by atoms with E-state index in [1.165, 1.54) is 6.42 Å². The van der Waals surface area contributed by atoms with E-state index in [1.54, 1.807) is 11.8 Å². The Morgan fingerprint density at radius 2 is 1.84 bits per heavy atom. The number of carbonyl (C=O) groups is 1. The zero-order valence-electron chi connectivity index (χ0n) is 18.9. The Kier molecular flexibility index (Phi) is 7.36.